The molecule has 3 N–H and O–H groups in total. The highest BCUT2D eigenvalue weighted by atomic mass is 35.5. The molecule has 0 amide bonds. The molecule has 0 saturated heterocycles. The van der Waals surface area contributed by atoms with E-state index in [1.165, 1.54) is 12.7 Å². The van der Waals surface area contributed by atoms with E-state index in [1.54, 1.807) is 0 Å². The molecule has 1 saturated carbocycles. The van der Waals surface area contributed by atoms with Gasteiger partial charge in [0, 0.05) is 11.6 Å². The fourth-order valence-corrected chi connectivity index (χ4v) is 2.92. The minimum Gasteiger partial charge on any atom is -0.464 e. The smallest absolute Gasteiger partial charge is 0.358 e. The fraction of sp³-hybridized carbons (Fsp3) is 0.400. The summed E-state index contributed by atoms with van der Waals surface area (Å²) >= 11 is 6.36. The number of hydrogen-bond acceptors (Lipinski definition) is 5. The van der Waals surface area contributed by atoms with Gasteiger partial charge < -0.3 is 15.8 Å². The number of carbonyl (C=O) groups excluding carboxylic acids is 1. The highest BCUT2D eigenvalue weighted by molar-refractivity contribution is 6.58. The molecule has 1 unspecified atom stereocenters. The molecule has 0 spiro atoms. The molecule has 1 aliphatic rings. The van der Waals surface area contributed by atoms with E-state index < -0.39 is 5.97 Å². The van der Waals surface area contributed by atoms with E-state index in [4.69, 9.17) is 22.1 Å². The van der Waals surface area contributed by atoms with Crippen molar-refractivity contribution in [3.63, 3.8) is 0 Å². The van der Waals surface area contributed by atoms with Gasteiger partial charge in [-0.05, 0) is 44.7 Å². The summed E-state index contributed by atoms with van der Waals surface area (Å²) < 4.78 is 4.79. The zero-order valence-corrected chi connectivity index (χ0v) is 16.5. The highest BCUT2D eigenvalue weighted by Crippen LogP contribution is 2.36. The summed E-state index contributed by atoms with van der Waals surface area (Å²) in [5, 5.41) is 3.18. The second kappa shape index (κ2) is 8.41. The molecule has 0 radical (unpaired) electrons. The highest BCUT2D eigenvalue weighted by Gasteiger charge is 2.27. The van der Waals surface area contributed by atoms with Crippen LogP contribution in [-0.4, -0.2) is 18.8 Å². The normalized spacial score (nSPS) is 16.6. The number of ether oxygens (including phenoxy) is 1. The monoisotopic (exact) mass is 375 g/mol. The van der Waals surface area contributed by atoms with Gasteiger partial charge in [-0.3, -0.25) is 0 Å². The van der Waals surface area contributed by atoms with Crippen molar-refractivity contribution in [3.8, 4) is 0 Å². The van der Waals surface area contributed by atoms with E-state index in [-0.39, 0.29) is 22.6 Å². The number of allylic oxidation sites excluding steroid dienone is 1. The Morgan fingerprint density at radius 3 is 2.62 bits per heavy atom. The lowest BCUT2D eigenvalue weighted by Gasteiger charge is -2.19. The van der Waals surface area contributed by atoms with Gasteiger partial charge in [-0.1, -0.05) is 41.9 Å². The number of methoxy groups -OCH3 is 1. The van der Waals surface area contributed by atoms with Crippen LogP contribution in [0, 0.1) is 19.8 Å². The third-order valence-corrected chi connectivity index (χ3v) is 4.77. The molecule has 1 fully saturated rings. The Morgan fingerprint density at radius 2 is 2.08 bits per heavy atom. The summed E-state index contributed by atoms with van der Waals surface area (Å²) in [4.78, 5) is 16.4. The first-order valence-corrected chi connectivity index (χ1v) is 8.97. The third kappa shape index (κ3) is 4.88. The maximum absolute atomic E-state index is 12.1. The first-order chi connectivity index (χ1) is 12.2. The number of rotatable bonds is 7. The van der Waals surface area contributed by atoms with Gasteiger partial charge in [0.2, 0.25) is 0 Å². The topological polar surface area (TPSA) is 76.7 Å². The van der Waals surface area contributed by atoms with Crippen molar-refractivity contribution >= 4 is 23.3 Å². The van der Waals surface area contributed by atoms with Crippen LogP contribution in [0.5, 0.6) is 0 Å². The summed E-state index contributed by atoms with van der Waals surface area (Å²) in [6.07, 6.45) is 2.05. The molecule has 0 bridgehead atoms. The number of aliphatic imine (C=N–C) groups is 1. The molecule has 0 heterocycles. The first kappa shape index (κ1) is 20.0. The Morgan fingerprint density at radius 1 is 1.42 bits per heavy atom. The van der Waals surface area contributed by atoms with E-state index in [1.807, 2.05) is 32.9 Å². The molecule has 26 heavy (non-hydrogen) atoms. The van der Waals surface area contributed by atoms with Crippen LogP contribution in [0.2, 0.25) is 0 Å². The number of nitrogens with zero attached hydrogens (tertiary/aromatic N) is 1. The lowest BCUT2D eigenvalue weighted by atomic mass is 10.0. The van der Waals surface area contributed by atoms with Crippen molar-refractivity contribution < 1.29 is 9.53 Å². The molecule has 6 heteroatoms. The molecular formula is C20H26ClN3O2. The fourth-order valence-electron chi connectivity index (χ4n) is 2.75. The van der Waals surface area contributed by atoms with Crippen molar-refractivity contribution in [1.29, 1.82) is 0 Å². The number of nitrogens with two attached hydrogens (primary N) is 1. The zero-order chi connectivity index (χ0) is 19.4. The Kier molecular flexibility index (Phi) is 6.48. The molecular weight excluding hydrogens is 350 g/mol. The van der Waals surface area contributed by atoms with E-state index in [2.05, 4.69) is 23.0 Å². The van der Waals surface area contributed by atoms with E-state index in [0.29, 0.717) is 11.6 Å². The van der Waals surface area contributed by atoms with Crippen molar-refractivity contribution in [2.24, 2.45) is 16.6 Å². The molecule has 5 nitrogen and oxygen atoms in total. The van der Waals surface area contributed by atoms with Crippen LogP contribution in [0.3, 0.4) is 0 Å². The largest absolute Gasteiger partial charge is 0.464 e. The van der Waals surface area contributed by atoms with Gasteiger partial charge in [0.25, 0.3) is 0 Å². The van der Waals surface area contributed by atoms with Gasteiger partial charge in [-0.25, -0.2) is 9.79 Å². The number of halogens is 1. The predicted molar refractivity (Wildman–Crippen MR) is 106 cm³/mol. The number of esters is 1. The molecule has 0 aromatic heterocycles. The maximum atomic E-state index is 12.1. The third-order valence-electron chi connectivity index (χ3n) is 4.39. The van der Waals surface area contributed by atoms with Gasteiger partial charge in [-0.15, -0.1) is 0 Å². The molecule has 2 rings (SSSR count). The van der Waals surface area contributed by atoms with Crippen molar-refractivity contribution in [2.75, 3.05) is 7.11 Å². The molecule has 1 aromatic rings. The Labute approximate surface area is 160 Å². The first-order valence-electron chi connectivity index (χ1n) is 8.59. The SMILES string of the molecule is C=C(/N=C(C(=O)OC)\C(Cl)=C(/N)NC(C)c1ccc(C)cc1C)C1CC1. The Bertz CT molecular complexity index is 779. The summed E-state index contributed by atoms with van der Waals surface area (Å²) in [6.45, 7) is 9.98. The van der Waals surface area contributed by atoms with Gasteiger partial charge >= 0.3 is 5.97 Å². The maximum Gasteiger partial charge on any atom is 0.358 e. The van der Waals surface area contributed by atoms with Crippen molar-refractivity contribution in [1.82, 2.24) is 5.32 Å². The molecule has 1 atom stereocenters. The average Bonchev–Trinajstić information content (AvgIpc) is 3.43. The van der Waals surface area contributed by atoms with Crippen LogP contribution in [0.4, 0.5) is 0 Å². The lowest BCUT2D eigenvalue weighted by molar-refractivity contribution is -0.132. The molecule has 1 aromatic carbocycles. The van der Waals surface area contributed by atoms with Crippen LogP contribution in [0.25, 0.3) is 0 Å². The van der Waals surface area contributed by atoms with E-state index >= 15 is 0 Å². The second-order valence-electron chi connectivity index (χ2n) is 6.67. The second-order valence-corrected chi connectivity index (χ2v) is 7.05. The standard InChI is InChI=1S/C20H26ClN3O2/c1-11-6-9-16(12(2)10-11)14(4)24-19(22)17(21)18(20(25)26-5)23-13(3)15-7-8-15/h6,9-10,14-15,24H,3,7-8,22H2,1-2,4-5H3/b19-17-,23-18+. The summed E-state index contributed by atoms with van der Waals surface area (Å²) in [5.41, 5.74) is 10.2. The summed E-state index contributed by atoms with van der Waals surface area (Å²) in [5.74, 6) is -0.157. The van der Waals surface area contributed by atoms with Gasteiger partial charge in [0.05, 0.1) is 13.2 Å². The quantitative estimate of drug-likeness (QED) is 0.560. The van der Waals surface area contributed by atoms with Crippen LogP contribution in [0.1, 0.15) is 42.5 Å². The van der Waals surface area contributed by atoms with Crippen molar-refractivity contribution in [2.45, 2.75) is 39.7 Å². The van der Waals surface area contributed by atoms with E-state index in [9.17, 15) is 4.79 Å². The number of benzene rings is 1. The zero-order valence-electron chi connectivity index (χ0n) is 15.7. The minimum atomic E-state index is -0.638. The van der Waals surface area contributed by atoms with Crippen molar-refractivity contribution in [3.05, 3.63) is 58.0 Å². The average molecular weight is 376 g/mol. The van der Waals surface area contributed by atoms with Gasteiger partial charge in [0.15, 0.2) is 5.71 Å². The van der Waals surface area contributed by atoms with Crippen LogP contribution in [-0.2, 0) is 9.53 Å². The molecule has 140 valence electrons. The van der Waals surface area contributed by atoms with Gasteiger partial charge in [-0.2, -0.15) is 0 Å². The van der Waals surface area contributed by atoms with Crippen LogP contribution >= 0.6 is 11.6 Å². The number of aryl methyl sites for hydroxylation is 2. The lowest BCUT2D eigenvalue weighted by Crippen LogP contribution is -2.29. The molecule has 1 aliphatic carbocycles. The summed E-state index contributed by atoms with van der Waals surface area (Å²) in [7, 11) is 1.28. The van der Waals surface area contributed by atoms with Gasteiger partial charge in [0.1, 0.15) is 10.9 Å². The van der Waals surface area contributed by atoms with Crippen LogP contribution < -0.4 is 11.1 Å². The Hall–Kier alpha value is -2.27. The summed E-state index contributed by atoms with van der Waals surface area (Å²) in [6, 6.07) is 6.11. The molecule has 0 aliphatic heterocycles. The number of hydrogen-bond donors (Lipinski definition) is 2. The number of carbonyl (C=O) groups is 1. The predicted octanol–water partition coefficient (Wildman–Crippen LogP) is 3.86. The number of nitrogens with one attached hydrogen (secondary N) is 1. The minimum absolute atomic E-state index is 0.0242. The van der Waals surface area contributed by atoms with E-state index in [0.717, 1.165) is 24.0 Å². The van der Waals surface area contributed by atoms with Crippen LogP contribution in [0.15, 0.2) is 46.3 Å². The Balaban J connectivity index is 2.26.